The van der Waals surface area contributed by atoms with E-state index in [0.29, 0.717) is 24.2 Å². The van der Waals surface area contributed by atoms with Crippen LogP contribution in [0.2, 0.25) is 0 Å². The number of amides is 3. The number of carbonyl (C=O) groups excluding carboxylic acids is 2. The van der Waals surface area contributed by atoms with Gasteiger partial charge in [-0.15, -0.1) is 0 Å². The molecule has 2 fully saturated rings. The lowest BCUT2D eigenvalue weighted by molar-refractivity contribution is -0.143. The van der Waals surface area contributed by atoms with E-state index in [-0.39, 0.29) is 49.5 Å². The summed E-state index contributed by atoms with van der Waals surface area (Å²) in [5.74, 6) is -1.66. The molecule has 1 aromatic heterocycles. The van der Waals surface area contributed by atoms with Gasteiger partial charge in [-0.25, -0.2) is 9.18 Å². The summed E-state index contributed by atoms with van der Waals surface area (Å²) in [6.07, 6.45) is 0.232. The highest BCUT2D eigenvalue weighted by Crippen LogP contribution is 2.36. The van der Waals surface area contributed by atoms with Gasteiger partial charge < -0.3 is 15.1 Å². The number of piperidine rings is 1. The average Bonchev–Trinajstić information content (AvgIpc) is 2.99. The number of carboxylic acid groups (broad SMARTS) is 1. The number of anilines is 2. The number of aryl methyl sites for hydroxylation is 1. The minimum Gasteiger partial charge on any atom is -0.481 e. The fourth-order valence-electron chi connectivity index (χ4n) is 4.13. The van der Waals surface area contributed by atoms with Crippen LogP contribution in [0.15, 0.2) is 12.1 Å². The smallest absolute Gasteiger partial charge is 0.329 e. The second kappa shape index (κ2) is 7.24. The van der Waals surface area contributed by atoms with Crippen molar-refractivity contribution >= 4 is 40.3 Å². The molecule has 11 heteroatoms. The number of fused-ring (bicyclic) bond motifs is 1. The predicted molar refractivity (Wildman–Crippen MR) is 105 cm³/mol. The standard InChI is InChI=1S/C19H22FN5O5/c1-23-16-11(17(22-23)25-7-4-13(26)21-18(25)29)2-3-12(15(16)20)24-8-5-19(30,6-9-24)10-14(27)28/h2-3,30H,4-10H2,1H3,(H,27,28)(H,21,26,29). The number of hydrogen-bond acceptors (Lipinski definition) is 6. The molecule has 30 heavy (non-hydrogen) atoms. The van der Waals surface area contributed by atoms with Crippen LogP contribution in [0.5, 0.6) is 0 Å². The largest absolute Gasteiger partial charge is 0.481 e. The maximum absolute atomic E-state index is 15.4. The van der Waals surface area contributed by atoms with Gasteiger partial charge in [-0.1, -0.05) is 0 Å². The molecule has 1 aromatic carbocycles. The SMILES string of the molecule is Cn1nc(N2CCC(=O)NC2=O)c2ccc(N3CCC(O)(CC(=O)O)CC3)c(F)c21. The Bertz CT molecular complexity index is 1040. The highest BCUT2D eigenvalue weighted by atomic mass is 19.1. The molecular weight excluding hydrogens is 397 g/mol. The average molecular weight is 419 g/mol. The van der Waals surface area contributed by atoms with Crippen LogP contribution in [-0.2, 0) is 16.6 Å². The van der Waals surface area contributed by atoms with Crippen molar-refractivity contribution < 1.29 is 29.0 Å². The fourth-order valence-corrected chi connectivity index (χ4v) is 4.13. The summed E-state index contributed by atoms with van der Waals surface area (Å²) in [5.41, 5.74) is -0.743. The lowest BCUT2D eigenvalue weighted by Crippen LogP contribution is -2.49. The van der Waals surface area contributed by atoms with Crippen molar-refractivity contribution in [3.8, 4) is 0 Å². The van der Waals surface area contributed by atoms with E-state index in [2.05, 4.69) is 10.4 Å². The van der Waals surface area contributed by atoms with Crippen LogP contribution in [0.4, 0.5) is 20.7 Å². The van der Waals surface area contributed by atoms with Crippen molar-refractivity contribution in [3.63, 3.8) is 0 Å². The molecule has 2 saturated heterocycles. The number of carbonyl (C=O) groups is 3. The van der Waals surface area contributed by atoms with E-state index < -0.39 is 23.4 Å². The molecule has 0 aliphatic carbocycles. The summed E-state index contributed by atoms with van der Waals surface area (Å²) in [7, 11) is 1.58. The van der Waals surface area contributed by atoms with Crippen molar-refractivity contribution in [3.05, 3.63) is 17.9 Å². The van der Waals surface area contributed by atoms with Gasteiger partial charge in [0.1, 0.15) is 5.52 Å². The second-order valence-electron chi connectivity index (χ2n) is 7.78. The molecule has 3 N–H and O–H groups in total. The van der Waals surface area contributed by atoms with E-state index in [0.717, 1.165) is 0 Å². The molecule has 0 saturated carbocycles. The fraction of sp³-hybridized carbons (Fsp3) is 0.474. The van der Waals surface area contributed by atoms with Crippen molar-refractivity contribution in [2.45, 2.75) is 31.3 Å². The van der Waals surface area contributed by atoms with Gasteiger partial charge in [0.15, 0.2) is 11.6 Å². The zero-order chi connectivity index (χ0) is 21.6. The number of aliphatic carboxylic acids is 1. The molecule has 0 unspecified atom stereocenters. The number of aliphatic hydroxyl groups is 1. The van der Waals surface area contributed by atoms with Gasteiger partial charge in [-0.2, -0.15) is 5.10 Å². The predicted octanol–water partition coefficient (Wildman–Crippen LogP) is 0.965. The number of urea groups is 1. The first kappa shape index (κ1) is 20.1. The van der Waals surface area contributed by atoms with Crippen LogP contribution in [0.3, 0.4) is 0 Å². The van der Waals surface area contributed by atoms with E-state index in [9.17, 15) is 19.5 Å². The Morgan fingerprint density at radius 2 is 1.97 bits per heavy atom. The van der Waals surface area contributed by atoms with Crippen LogP contribution < -0.4 is 15.1 Å². The van der Waals surface area contributed by atoms with E-state index >= 15 is 4.39 Å². The lowest BCUT2D eigenvalue weighted by atomic mass is 9.88. The maximum Gasteiger partial charge on any atom is 0.329 e. The first-order chi connectivity index (χ1) is 14.2. The van der Waals surface area contributed by atoms with Crippen molar-refractivity contribution in [1.29, 1.82) is 0 Å². The summed E-state index contributed by atoms with van der Waals surface area (Å²) >= 11 is 0. The Labute approximate surface area is 170 Å². The maximum atomic E-state index is 15.4. The van der Waals surface area contributed by atoms with Gasteiger partial charge in [0, 0.05) is 38.5 Å². The van der Waals surface area contributed by atoms with Gasteiger partial charge in [0.25, 0.3) is 0 Å². The summed E-state index contributed by atoms with van der Waals surface area (Å²) in [5, 5.41) is 26.3. The van der Waals surface area contributed by atoms with Gasteiger partial charge >= 0.3 is 12.0 Å². The number of nitrogens with one attached hydrogen (secondary N) is 1. The monoisotopic (exact) mass is 419 g/mol. The number of benzene rings is 1. The molecule has 0 spiro atoms. The van der Waals surface area contributed by atoms with Gasteiger partial charge in [-0.3, -0.25) is 24.5 Å². The third-order valence-electron chi connectivity index (χ3n) is 5.73. The summed E-state index contributed by atoms with van der Waals surface area (Å²) in [6, 6.07) is 2.68. The third-order valence-corrected chi connectivity index (χ3v) is 5.73. The minimum atomic E-state index is -1.29. The third kappa shape index (κ3) is 3.45. The van der Waals surface area contributed by atoms with Crippen LogP contribution in [0.1, 0.15) is 25.7 Å². The van der Waals surface area contributed by atoms with E-state index in [1.54, 1.807) is 24.1 Å². The molecule has 2 aliphatic rings. The van der Waals surface area contributed by atoms with Crippen molar-refractivity contribution in [2.75, 3.05) is 29.4 Å². The van der Waals surface area contributed by atoms with Gasteiger partial charge in [0.05, 0.1) is 17.7 Å². The quantitative estimate of drug-likeness (QED) is 0.674. The number of aromatic nitrogens is 2. The zero-order valence-corrected chi connectivity index (χ0v) is 16.4. The summed E-state index contributed by atoms with van der Waals surface area (Å²) in [4.78, 5) is 37.6. The Hall–Kier alpha value is -3.21. The highest BCUT2D eigenvalue weighted by molar-refractivity contribution is 6.09. The zero-order valence-electron chi connectivity index (χ0n) is 16.4. The second-order valence-corrected chi connectivity index (χ2v) is 7.78. The van der Waals surface area contributed by atoms with E-state index in [4.69, 9.17) is 5.11 Å². The summed E-state index contributed by atoms with van der Waals surface area (Å²) < 4.78 is 16.8. The minimum absolute atomic E-state index is 0.136. The van der Waals surface area contributed by atoms with Crippen LogP contribution in [0, 0.1) is 5.82 Å². The Morgan fingerprint density at radius 3 is 2.60 bits per heavy atom. The first-order valence-corrected chi connectivity index (χ1v) is 9.64. The van der Waals surface area contributed by atoms with E-state index in [1.807, 2.05) is 0 Å². The molecule has 160 valence electrons. The van der Waals surface area contributed by atoms with Crippen molar-refractivity contribution in [1.82, 2.24) is 15.1 Å². The molecule has 10 nitrogen and oxygen atoms in total. The molecule has 3 heterocycles. The van der Waals surface area contributed by atoms with Crippen molar-refractivity contribution in [2.24, 2.45) is 7.05 Å². The number of rotatable bonds is 4. The first-order valence-electron chi connectivity index (χ1n) is 9.64. The van der Waals surface area contributed by atoms with Gasteiger partial charge in [-0.05, 0) is 25.0 Å². The molecule has 4 rings (SSSR count). The molecule has 3 amide bonds. The molecule has 2 aliphatic heterocycles. The van der Waals surface area contributed by atoms with Gasteiger partial charge in [0.2, 0.25) is 5.91 Å². The molecular formula is C19H22FN5O5. The molecule has 2 aromatic rings. The van der Waals surface area contributed by atoms with E-state index in [1.165, 1.54) is 9.58 Å². The molecule has 0 radical (unpaired) electrons. The molecule has 0 bridgehead atoms. The Balaban J connectivity index is 1.63. The number of nitrogens with zero attached hydrogens (tertiary/aromatic N) is 4. The summed E-state index contributed by atoms with van der Waals surface area (Å²) in [6.45, 7) is 0.787. The number of hydrogen-bond donors (Lipinski definition) is 3. The molecule has 0 atom stereocenters. The normalized spacial score (nSPS) is 19.3. The van der Waals surface area contributed by atoms with Crippen LogP contribution in [0.25, 0.3) is 10.9 Å². The number of carboxylic acids is 1. The van der Waals surface area contributed by atoms with Crippen LogP contribution in [-0.4, -0.2) is 63.1 Å². The highest BCUT2D eigenvalue weighted by Gasteiger charge is 2.36. The lowest BCUT2D eigenvalue weighted by Gasteiger charge is -2.38. The number of halogens is 1. The Morgan fingerprint density at radius 1 is 1.27 bits per heavy atom. The topological polar surface area (TPSA) is 128 Å². The number of imide groups is 1. The Kier molecular flexibility index (Phi) is 4.85. The van der Waals surface area contributed by atoms with Crippen LogP contribution >= 0.6 is 0 Å².